The maximum Gasteiger partial charge on any atom is 0.334 e. The van der Waals surface area contributed by atoms with E-state index in [9.17, 15) is 9.59 Å². The number of hydrogen-bond donors (Lipinski definition) is 4. The number of para-hydroxylation sites is 1. The van der Waals surface area contributed by atoms with E-state index in [4.69, 9.17) is 10.2 Å². The maximum atomic E-state index is 12.0. The largest absolute Gasteiger partial charge is 0.479 e. The molecule has 0 aliphatic heterocycles. The molecule has 2 aromatic rings. The van der Waals surface area contributed by atoms with Gasteiger partial charge in [-0.1, -0.05) is 18.2 Å². The second-order valence-electron chi connectivity index (χ2n) is 4.23. The average Bonchev–Trinajstić information content (AvgIpc) is 2.71. The summed E-state index contributed by atoms with van der Waals surface area (Å²) in [5, 5.41) is 20.9. The van der Waals surface area contributed by atoms with E-state index in [0.717, 1.165) is 10.9 Å². The molecule has 100 valence electrons. The molecule has 1 aromatic carbocycles. The van der Waals surface area contributed by atoms with Gasteiger partial charge in [0.2, 0.25) is 0 Å². The summed E-state index contributed by atoms with van der Waals surface area (Å²) in [7, 11) is 0. The number of nitrogens with one attached hydrogen (secondary N) is 2. The SMILES string of the molecule is Cc1[nH]c2ccccc2c1C(=O)NCC(O)C(=O)O. The number of hydrogen-bond acceptors (Lipinski definition) is 3. The third kappa shape index (κ3) is 2.58. The smallest absolute Gasteiger partial charge is 0.334 e. The topological polar surface area (TPSA) is 102 Å². The molecule has 1 heterocycles. The Balaban J connectivity index is 2.22. The van der Waals surface area contributed by atoms with Crippen LogP contribution in [0.2, 0.25) is 0 Å². The molecule has 1 unspecified atom stereocenters. The van der Waals surface area contributed by atoms with Crippen molar-refractivity contribution in [3.63, 3.8) is 0 Å². The summed E-state index contributed by atoms with van der Waals surface area (Å²) >= 11 is 0. The highest BCUT2D eigenvalue weighted by molar-refractivity contribution is 6.08. The summed E-state index contributed by atoms with van der Waals surface area (Å²) in [6, 6.07) is 7.33. The minimum atomic E-state index is -1.60. The van der Waals surface area contributed by atoms with Crippen molar-refractivity contribution in [1.82, 2.24) is 10.3 Å². The Bertz CT molecular complexity index is 633. The number of aliphatic hydroxyl groups is 1. The van der Waals surface area contributed by atoms with E-state index in [1.54, 1.807) is 13.0 Å². The van der Waals surface area contributed by atoms with Crippen LogP contribution >= 0.6 is 0 Å². The number of aliphatic carboxylic acids is 1. The lowest BCUT2D eigenvalue weighted by molar-refractivity contribution is -0.146. The molecule has 19 heavy (non-hydrogen) atoms. The molecule has 6 heteroatoms. The summed E-state index contributed by atoms with van der Waals surface area (Å²) in [4.78, 5) is 25.6. The number of aromatic nitrogens is 1. The molecule has 2 rings (SSSR count). The Morgan fingerprint density at radius 1 is 1.37 bits per heavy atom. The number of rotatable bonds is 4. The van der Waals surface area contributed by atoms with Crippen molar-refractivity contribution >= 4 is 22.8 Å². The summed E-state index contributed by atoms with van der Waals surface area (Å²) in [6.07, 6.45) is -1.60. The predicted octanol–water partition coefficient (Wildman–Crippen LogP) is 0.652. The van der Waals surface area contributed by atoms with Crippen LogP contribution in [-0.2, 0) is 4.79 Å². The second kappa shape index (κ2) is 5.11. The first kappa shape index (κ1) is 13.1. The van der Waals surface area contributed by atoms with Crippen molar-refractivity contribution in [3.05, 3.63) is 35.5 Å². The van der Waals surface area contributed by atoms with Gasteiger partial charge in [0.1, 0.15) is 0 Å². The highest BCUT2D eigenvalue weighted by atomic mass is 16.4. The molecule has 0 saturated carbocycles. The number of amides is 1. The zero-order chi connectivity index (χ0) is 14.0. The Morgan fingerprint density at radius 3 is 2.74 bits per heavy atom. The maximum absolute atomic E-state index is 12.0. The minimum Gasteiger partial charge on any atom is -0.479 e. The van der Waals surface area contributed by atoms with E-state index in [1.165, 1.54) is 0 Å². The summed E-state index contributed by atoms with van der Waals surface area (Å²) < 4.78 is 0. The molecule has 0 aliphatic carbocycles. The lowest BCUT2D eigenvalue weighted by Gasteiger charge is -2.07. The van der Waals surface area contributed by atoms with Crippen LogP contribution in [0.15, 0.2) is 24.3 Å². The number of benzene rings is 1. The van der Waals surface area contributed by atoms with Gasteiger partial charge in [-0.25, -0.2) is 4.79 Å². The van der Waals surface area contributed by atoms with E-state index in [0.29, 0.717) is 11.3 Å². The fourth-order valence-corrected chi connectivity index (χ4v) is 1.93. The molecule has 4 N–H and O–H groups in total. The second-order valence-corrected chi connectivity index (χ2v) is 4.23. The third-order valence-corrected chi connectivity index (χ3v) is 2.86. The van der Waals surface area contributed by atoms with Crippen LogP contribution in [0.4, 0.5) is 0 Å². The molecule has 0 fully saturated rings. The molecular formula is C13H14N2O4. The van der Waals surface area contributed by atoms with Crippen molar-refractivity contribution < 1.29 is 19.8 Å². The minimum absolute atomic E-state index is 0.326. The molecular weight excluding hydrogens is 248 g/mol. The molecule has 0 saturated heterocycles. The van der Waals surface area contributed by atoms with Crippen molar-refractivity contribution in [1.29, 1.82) is 0 Å². The first-order valence-electron chi connectivity index (χ1n) is 5.77. The van der Waals surface area contributed by atoms with E-state index >= 15 is 0 Å². The molecule has 1 amide bonds. The molecule has 0 spiro atoms. The van der Waals surface area contributed by atoms with Crippen LogP contribution in [0.3, 0.4) is 0 Å². The predicted molar refractivity (Wildman–Crippen MR) is 69.0 cm³/mol. The highest BCUT2D eigenvalue weighted by Gasteiger charge is 2.18. The lowest BCUT2D eigenvalue weighted by atomic mass is 10.1. The Hall–Kier alpha value is -2.34. The van der Waals surface area contributed by atoms with Crippen LogP contribution in [-0.4, -0.2) is 39.7 Å². The zero-order valence-electron chi connectivity index (χ0n) is 10.3. The van der Waals surface area contributed by atoms with Crippen molar-refractivity contribution in [2.75, 3.05) is 6.54 Å². The number of H-pyrrole nitrogens is 1. The molecule has 1 atom stereocenters. The Kier molecular flexibility index (Phi) is 3.52. The molecule has 0 aliphatic rings. The average molecular weight is 262 g/mol. The van der Waals surface area contributed by atoms with E-state index in [2.05, 4.69) is 10.3 Å². The molecule has 6 nitrogen and oxygen atoms in total. The standard InChI is InChI=1S/C13H14N2O4/c1-7-11(8-4-2-3-5-9(8)15-7)12(17)14-6-10(16)13(18)19/h2-5,10,15-16H,6H2,1H3,(H,14,17)(H,18,19). The van der Waals surface area contributed by atoms with Crippen LogP contribution in [0.25, 0.3) is 10.9 Å². The van der Waals surface area contributed by atoms with Crippen LogP contribution in [0, 0.1) is 6.92 Å². The van der Waals surface area contributed by atoms with Crippen LogP contribution in [0.1, 0.15) is 16.1 Å². The molecule has 0 radical (unpaired) electrons. The number of carboxylic acids is 1. The van der Waals surface area contributed by atoms with Gasteiger partial charge in [0.25, 0.3) is 5.91 Å². The first-order chi connectivity index (χ1) is 9.00. The summed E-state index contributed by atoms with van der Waals surface area (Å²) in [5.41, 5.74) is 2.00. The van der Waals surface area contributed by atoms with Crippen molar-refractivity contribution in [2.24, 2.45) is 0 Å². The number of carbonyl (C=O) groups is 2. The number of carboxylic acid groups (broad SMARTS) is 1. The van der Waals surface area contributed by atoms with Gasteiger partial charge >= 0.3 is 5.97 Å². The van der Waals surface area contributed by atoms with Crippen molar-refractivity contribution in [2.45, 2.75) is 13.0 Å². The van der Waals surface area contributed by atoms with Gasteiger partial charge in [-0.3, -0.25) is 4.79 Å². The Labute approximate surface area is 109 Å². The summed E-state index contributed by atoms with van der Waals surface area (Å²) in [6.45, 7) is 1.44. The normalized spacial score (nSPS) is 12.3. The van der Waals surface area contributed by atoms with Gasteiger partial charge in [-0.05, 0) is 13.0 Å². The third-order valence-electron chi connectivity index (χ3n) is 2.86. The van der Waals surface area contributed by atoms with Gasteiger partial charge < -0.3 is 20.5 Å². The van der Waals surface area contributed by atoms with Gasteiger partial charge in [-0.2, -0.15) is 0 Å². The number of aryl methyl sites for hydroxylation is 1. The van der Waals surface area contributed by atoms with Gasteiger partial charge in [0.15, 0.2) is 6.10 Å². The fourth-order valence-electron chi connectivity index (χ4n) is 1.93. The highest BCUT2D eigenvalue weighted by Crippen LogP contribution is 2.21. The van der Waals surface area contributed by atoms with E-state index in [1.807, 2.05) is 18.2 Å². The number of fused-ring (bicyclic) bond motifs is 1. The fraction of sp³-hybridized carbons (Fsp3) is 0.231. The van der Waals surface area contributed by atoms with E-state index < -0.39 is 18.0 Å². The van der Waals surface area contributed by atoms with Gasteiger partial charge in [0.05, 0.1) is 12.1 Å². The molecule has 1 aromatic heterocycles. The molecule has 0 bridgehead atoms. The first-order valence-corrected chi connectivity index (χ1v) is 5.77. The monoisotopic (exact) mass is 262 g/mol. The summed E-state index contributed by atoms with van der Waals surface area (Å²) in [5.74, 6) is -1.77. The number of aliphatic hydroxyl groups excluding tert-OH is 1. The number of carbonyl (C=O) groups excluding carboxylic acids is 1. The zero-order valence-corrected chi connectivity index (χ0v) is 10.3. The van der Waals surface area contributed by atoms with Crippen LogP contribution < -0.4 is 5.32 Å². The lowest BCUT2D eigenvalue weighted by Crippen LogP contribution is -2.36. The van der Waals surface area contributed by atoms with Gasteiger partial charge in [-0.15, -0.1) is 0 Å². The number of aromatic amines is 1. The van der Waals surface area contributed by atoms with Gasteiger partial charge in [0, 0.05) is 16.6 Å². The van der Waals surface area contributed by atoms with E-state index in [-0.39, 0.29) is 6.54 Å². The Morgan fingerprint density at radius 2 is 2.05 bits per heavy atom. The quantitative estimate of drug-likeness (QED) is 0.649. The van der Waals surface area contributed by atoms with Crippen molar-refractivity contribution in [3.8, 4) is 0 Å². The van der Waals surface area contributed by atoms with Crippen LogP contribution in [0.5, 0.6) is 0 Å².